The number of rotatable bonds is 3. The van der Waals surface area contributed by atoms with Crippen LogP contribution in [-0.4, -0.2) is 26.7 Å². The molecular weight excluding hydrogens is 268 g/mol. The summed E-state index contributed by atoms with van der Waals surface area (Å²) in [5.74, 6) is -0.727. The first-order valence-electron chi connectivity index (χ1n) is 5.59. The van der Waals surface area contributed by atoms with Crippen LogP contribution in [0.25, 0.3) is 0 Å². The van der Waals surface area contributed by atoms with E-state index in [4.69, 9.17) is 4.74 Å². The van der Waals surface area contributed by atoms with Gasteiger partial charge in [-0.05, 0) is 13.0 Å². The molecular formula is C12H12N2O4S. The molecule has 6 nitrogen and oxygen atoms in total. The third kappa shape index (κ3) is 3.19. The second-order valence-corrected chi connectivity index (χ2v) is 5.03. The molecule has 1 aliphatic heterocycles. The molecule has 1 N–H and O–H groups in total. The molecule has 1 aromatic rings. The van der Waals surface area contributed by atoms with Gasteiger partial charge in [-0.3, -0.25) is 4.72 Å². The molecule has 0 aliphatic carbocycles. The molecule has 0 spiro atoms. The maximum Gasteiger partial charge on any atom is 0.355 e. The van der Waals surface area contributed by atoms with Gasteiger partial charge < -0.3 is 4.74 Å². The van der Waals surface area contributed by atoms with Crippen molar-refractivity contribution in [2.24, 2.45) is 4.40 Å². The SMILES string of the molecule is CCOC(=O)C1=CC(c2ccccc2)=NS(=O)(=O)N1. The Morgan fingerprint density at radius 1 is 1.32 bits per heavy atom. The maximum atomic E-state index is 11.6. The number of nitrogens with zero attached hydrogens (tertiary/aromatic N) is 1. The van der Waals surface area contributed by atoms with E-state index in [9.17, 15) is 13.2 Å². The molecule has 0 bridgehead atoms. The van der Waals surface area contributed by atoms with Gasteiger partial charge in [-0.25, -0.2) is 4.79 Å². The van der Waals surface area contributed by atoms with Gasteiger partial charge in [0.05, 0.1) is 12.3 Å². The summed E-state index contributed by atoms with van der Waals surface area (Å²) in [5, 5.41) is 0. The van der Waals surface area contributed by atoms with Crippen molar-refractivity contribution in [1.82, 2.24) is 4.72 Å². The molecule has 0 unspecified atom stereocenters. The van der Waals surface area contributed by atoms with Gasteiger partial charge in [-0.15, -0.1) is 4.40 Å². The molecule has 2 rings (SSSR count). The lowest BCUT2D eigenvalue weighted by atomic mass is 10.1. The minimum atomic E-state index is -3.92. The molecule has 0 atom stereocenters. The number of hydrogen-bond acceptors (Lipinski definition) is 4. The summed E-state index contributed by atoms with van der Waals surface area (Å²) < 4.78 is 33.6. The van der Waals surface area contributed by atoms with Crippen LogP contribution in [0.2, 0.25) is 0 Å². The van der Waals surface area contributed by atoms with Crippen LogP contribution >= 0.6 is 0 Å². The lowest BCUT2D eigenvalue weighted by Crippen LogP contribution is -2.32. The van der Waals surface area contributed by atoms with Crippen LogP contribution in [0.3, 0.4) is 0 Å². The lowest BCUT2D eigenvalue weighted by molar-refractivity contribution is -0.138. The molecule has 0 aromatic heterocycles. The highest BCUT2D eigenvalue weighted by Gasteiger charge is 2.24. The maximum absolute atomic E-state index is 11.6. The van der Waals surface area contributed by atoms with Gasteiger partial charge in [0.2, 0.25) is 0 Å². The number of carbonyl (C=O) groups excluding carboxylic acids is 1. The molecule has 1 aliphatic rings. The Labute approximate surface area is 111 Å². The summed E-state index contributed by atoms with van der Waals surface area (Å²) in [6.45, 7) is 1.80. The zero-order valence-corrected chi connectivity index (χ0v) is 11.0. The lowest BCUT2D eigenvalue weighted by Gasteiger charge is -2.14. The summed E-state index contributed by atoms with van der Waals surface area (Å²) in [5.41, 5.74) is 0.660. The Balaban J connectivity index is 2.42. The van der Waals surface area contributed by atoms with Gasteiger partial charge in [0, 0.05) is 5.56 Å². The van der Waals surface area contributed by atoms with Crippen molar-refractivity contribution in [2.75, 3.05) is 6.61 Å². The van der Waals surface area contributed by atoms with E-state index in [1.165, 1.54) is 6.08 Å². The molecule has 0 saturated carbocycles. The number of esters is 1. The topological polar surface area (TPSA) is 84.8 Å². The minimum absolute atomic E-state index is 0.143. The van der Waals surface area contributed by atoms with E-state index < -0.39 is 16.2 Å². The number of ether oxygens (including phenoxy) is 1. The quantitative estimate of drug-likeness (QED) is 0.829. The Morgan fingerprint density at radius 2 is 2.00 bits per heavy atom. The zero-order valence-electron chi connectivity index (χ0n) is 10.2. The van der Waals surface area contributed by atoms with E-state index in [0.717, 1.165) is 0 Å². The third-order valence-corrected chi connectivity index (χ3v) is 3.22. The molecule has 0 radical (unpaired) electrons. The standard InChI is InChI=1S/C12H12N2O4S/c1-2-18-12(15)11-8-10(13-19(16,17)14-11)9-6-4-3-5-7-9/h3-8,14H,2H2,1H3. The summed E-state index contributed by atoms with van der Waals surface area (Å²) in [6.07, 6.45) is 1.36. The third-order valence-electron chi connectivity index (χ3n) is 2.30. The van der Waals surface area contributed by atoms with Crippen LogP contribution in [-0.2, 0) is 19.7 Å². The van der Waals surface area contributed by atoms with Gasteiger partial charge >= 0.3 is 16.2 Å². The predicted octanol–water partition coefficient (Wildman–Crippen LogP) is 0.771. The molecule has 1 aromatic carbocycles. The summed E-state index contributed by atoms with van der Waals surface area (Å²) in [7, 11) is -3.92. The summed E-state index contributed by atoms with van der Waals surface area (Å²) in [4.78, 5) is 11.6. The van der Waals surface area contributed by atoms with E-state index >= 15 is 0 Å². The number of hydrogen-bond donors (Lipinski definition) is 1. The first kappa shape index (κ1) is 13.3. The second-order valence-electron chi connectivity index (χ2n) is 3.70. The number of carbonyl (C=O) groups is 1. The highest BCUT2D eigenvalue weighted by molar-refractivity contribution is 7.88. The fourth-order valence-electron chi connectivity index (χ4n) is 1.54. The van der Waals surface area contributed by atoms with Gasteiger partial charge in [-0.2, -0.15) is 8.42 Å². The smallest absolute Gasteiger partial charge is 0.355 e. The molecule has 19 heavy (non-hydrogen) atoms. The minimum Gasteiger partial charge on any atom is -0.461 e. The highest BCUT2D eigenvalue weighted by atomic mass is 32.2. The summed E-state index contributed by atoms with van der Waals surface area (Å²) in [6, 6.07) is 8.72. The average molecular weight is 280 g/mol. The summed E-state index contributed by atoms with van der Waals surface area (Å²) >= 11 is 0. The van der Waals surface area contributed by atoms with E-state index in [-0.39, 0.29) is 18.0 Å². The van der Waals surface area contributed by atoms with Gasteiger partial charge in [0.25, 0.3) is 0 Å². The highest BCUT2D eigenvalue weighted by Crippen LogP contribution is 2.12. The van der Waals surface area contributed by atoms with Gasteiger partial charge in [-0.1, -0.05) is 30.3 Å². The van der Waals surface area contributed by atoms with Crippen LogP contribution in [0.1, 0.15) is 12.5 Å². The van der Waals surface area contributed by atoms with Crippen LogP contribution in [0, 0.1) is 0 Å². The zero-order chi connectivity index (χ0) is 13.9. The number of benzene rings is 1. The van der Waals surface area contributed by atoms with Gasteiger partial charge in [0.15, 0.2) is 0 Å². The monoisotopic (exact) mass is 280 g/mol. The van der Waals surface area contributed by atoms with Crippen molar-refractivity contribution in [3.63, 3.8) is 0 Å². The molecule has 0 saturated heterocycles. The fourth-order valence-corrected chi connectivity index (χ4v) is 2.42. The largest absolute Gasteiger partial charge is 0.461 e. The fraction of sp³-hybridized carbons (Fsp3) is 0.167. The molecule has 1 heterocycles. The van der Waals surface area contributed by atoms with Crippen molar-refractivity contribution in [2.45, 2.75) is 6.92 Å². The van der Waals surface area contributed by atoms with Crippen LogP contribution in [0.4, 0.5) is 0 Å². The van der Waals surface area contributed by atoms with Crippen molar-refractivity contribution >= 4 is 21.9 Å². The average Bonchev–Trinajstić information content (AvgIpc) is 2.38. The Kier molecular flexibility index (Phi) is 3.66. The van der Waals surface area contributed by atoms with Crippen LogP contribution in [0.15, 0.2) is 46.5 Å². The van der Waals surface area contributed by atoms with E-state index in [0.29, 0.717) is 5.56 Å². The number of allylic oxidation sites excluding steroid dienone is 1. The normalized spacial score (nSPS) is 16.9. The Bertz CT molecular complexity index is 648. The predicted molar refractivity (Wildman–Crippen MR) is 69.8 cm³/mol. The van der Waals surface area contributed by atoms with Crippen molar-refractivity contribution in [1.29, 1.82) is 0 Å². The van der Waals surface area contributed by atoms with Crippen molar-refractivity contribution in [3.8, 4) is 0 Å². The van der Waals surface area contributed by atoms with Crippen molar-refractivity contribution < 1.29 is 17.9 Å². The molecule has 7 heteroatoms. The van der Waals surface area contributed by atoms with E-state index in [2.05, 4.69) is 4.40 Å². The van der Waals surface area contributed by atoms with Crippen molar-refractivity contribution in [3.05, 3.63) is 47.7 Å². The van der Waals surface area contributed by atoms with Crippen LogP contribution in [0.5, 0.6) is 0 Å². The van der Waals surface area contributed by atoms with Crippen LogP contribution < -0.4 is 4.72 Å². The first-order valence-corrected chi connectivity index (χ1v) is 7.03. The van der Waals surface area contributed by atoms with Gasteiger partial charge in [0.1, 0.15) is 5.70 Å². The number of nitrogens with one attached hydrogen (secondary N) is 1. The van der Waals surface area contributed by atoms with E-state index in [1.807, 2.05) is 4.72 Å². The molecule has 100 valence electrons. The second kappa shape index (κ2) is 5.23. The Morgan fingerprint density at radius 3 is 2.63 bits per heavy atom. The first-order chi connectivity index (χ1) is 9.02. The molecule has 0 amide bonds. The Hall–Kier alpha value is -2.15. The van der Waals surface area contributed by atoms with E-state index in [1.54, 1.807) is 37.3 Å². The molecule has 0 fully saturated rings.